The maximum atomic E-state index is 4.14. The van der Waals surface area contributed by atoms with Gasteiger partial charge in [-0.2, -0.15) is 0 Å². The lowest BCUT2D eigenvalue weighted by atomic mass is 9.18. The summed E-state index contributed by atoms with van der Waals surface area (Å²) in [5.74, 6) is 29.0. The molecule has 0 radical (unpaired) electrons. The van der Waals surface area contributed by atoms with Gasteiger partial charge in [0, 0.05) is 77.9 Å². The van der Waals surface area contributed by atoms with E-state index in [0.717, 1.165) is 256 Å². The molecule has 0 bridgehead atoms. The summed E-state index contributed by atoms with van der Waals surface area (Å²) in [6, 6.07) is 10.5. The molecule has 0 aromatic carbocycles. The third-order valence-corrected chi connectivity index (χ3v) is 47.6. The van der Waals surface area contributed by atoms with E-state index in [2.05, 4.69) is 61.1 Å². The first-order valence-corrected chi connectivity index (χ1v) is 55.4. The third-order valence-electron chi connectivity index (χ3n) is 47.6. The van der Waals surface area contributed by atoms with Gasteiger partial charge < -0.3 is 0 Å². The highest BCUT2D eigenvalue weighted by atomic mass is 15.4. The van der Waals surface area contributed by atoms with Crippen molar-refractivity contribution in [2.45, 2.75) is 517 Å². The Hall–Kier alpha value is -0.0951. The molecule has 4 saturated heterocycles. The average Bonchev–Trinajstić information content (AvgIpc) is 0.811. The van der Waals surface area contributed by atoms with E-state index in [4.69, 9.17) is 0 Å². The smallest absolute Gasteiger partial charge is 0.156 e. The molecule has 0 N–H and O–H groups in total. The maximum absolute atomic E-state index is 4.14. The van der Waals surface area contributed by atoms with E-state index in [1.807, 2.05) is 0 Å². The number of piperidine rings is 2. The molecule has 1 spiro atoms. The minimum Gasteiger partial charge on any atom is -0.295 e. The summed E-state index contributed by atoms with van der Waals surface area (Å²) in [5.41, 5.74) is 1.67. The normalized spacial score (nSPS) is 53.1. The standard InChI is InChI=1S/C110H179BN4/c1-108(2,3)79-51-74-45-46-75-52-80(109(4,5)6)61-92-87(58-78(53-79)103(74)104(75)92)73-47-49-93-97(59-73)114(106-88(69-33-17-9-18-34-69)54-76(67-29-13-7-14-30-67)55-89(106)70-35-19-10-20-36-70)99-65-84(113-101-62-81-60-82-63-102(113)110(81,82)101)66-100-105(99)111(93)94-50-48-83(112-95-43-27-25-41-85(95)86-42-26-28-44-96(86)112)64-98(94)115(100)107-90(71-37-21-11-22-38-71)56-77(68-31-15-8-16-32-68)57-91(107)72-39-23-12-24-40-72/h67-107H,7-66H2,1-6H3. The molecule has 0 aromatic rings. The van der Waals surface area contributed by atoms with Crippen LogP contribution < -0.4 is 0 Å². The molecule has 20 aliphatic carbocycles. The summed E-state index contributed by atoms with van der Waals surface area (Å²) in [4.78, 5) is 15.5. The summed E-state index contributed by atoms with van der Waals surface area (Å²) >= 11 is 0. The van der Waals surface area contributed by atoms with Crippen LogP contribution in [0.2, 0.25) is 17.5 Å². The minimum atomic E-state index is 0.430. The molecule has 24 fully saturated rings. The van der Waals surface area contributed by atoms with E-state index in [0.29, 0.717) is 10.8 Å². The molecule has 20 saturated carbocycles. The van der Waals surface area contributed by atoms with Crippen LogP contribution in [0.5, 0.6) is 0 Å². The third kappa shape index (κ3) is 12.9. The number of hydrogen-bond acceptors (Lipinski definition) is 4. The zero-order chi connectivity index (χ0) is 76.5. The van der Waals surface area contributed by atoms with E-state index in [1.165, 1.54) is 0 Å². The van der Waals surface area contributed by atoms with Crippen molar-refractivity contribution in [3.63, 3.8) is 0 Å². The predicted octanol–water partition coefficient (Wildman–Crippen LogP) is 28.1. The Morgan fingerprint density at radius 3 is 1.07 bits per heavy atom. The van der Waals surface area contributed by atoms with Crippen LogP contribution in [0, 0.1) is 170 Å². The minimum absolute atomic E-state index is 0.430. The maximum Gasteiger partial charge on any atom is 0.156 e. The van der Waals surface area contributed by atoms with Crippen LogP contribution in [-0.4, -0.2) is 98.8 Å². The van der Waals surface area contributed by atoms with Crippen LogP contribution in [0.1, 0.15) is 427 Å². The van der Waals surface area contributed by atoms with Gasteiger partial charge >= 0.3 is 0 Å². The SMILES string of the molecule is CC(C)(C)C1CC2CCC3CC(C(C)(C)C)CC4C(C5CCC6B7C8CCC(N9C%10CCCCC%10C%10CCCCC%109)CC8N(C8C(C9CCCCC9)CC(C9CCCCC9)CC8C8CCCCC8)C8CC(N9C%10CC%11CC%12CC9C%11%12%10)CC(C78)N(C7C(C8CCCCC8)CC(C8CCCCC8)CC7C7CCCCC7)C6C5)CC(C1)C2C34. The fourth-order valence-electron chi connectivity index (χ4n) is 43.4. The lowest BCUT2D eigenvalue weighted by Gasteiger charge is -2.90. The summed E-state index contributed by atoms with van der Waals surface area (Å²) < 4.78 is 0. The number of rotatable bonds is 11. The first-order chi connectivity index (χ1) is 56.3. The quantitative estimate of drug-likeness (QED) is 0.191. The first-order valence-electron chi connectivity index (χ1n) is 55.4. The average molecular weight is 1570 g/mol. The zero-order valence-electron chi connectivity index (χ0n) is 76.0. The molecule has 4 nitrogen and oxygen atoms in total. The highest BCUT2D eigenvalue weighted by molar-refractivity contribution is 6.65. The van der Waals surface area contributed by atoms with Gasteiger partial charge in [-0.3, -0.25) is 19.6 Å². The van der Waals surface area contributed by atoms with Crippen LogP contribution >= 0.6 is 0 Å². The van der Waals surface area contributed by atoms with Crippen molar-refractivity contribution in [1.29, 1.82) is 0 Å². The van der Waals surface area contributed by atoms with Crippen molar-refractivity contribution >= 4 is 6.71 Å². The van der Waals surface area contributed by atoms with Crippen molar-refractivity contribution in [3.8, 4) is 0 Å². The van der Waals surface area contributed by atoms with Crippen molar-refractivity contribution in [2.75, 3.05) is 0 Å². The molecule has 24 rings (SSSR count). The molecular formula is C110H179BN4. The summed E-state index contributed by atoms with van der Waals surface area (Å²) in [7, 11) is 0. The molecule has 31 atom stereocenters. The second-order valence-corrected chi connectivity index (χ2v) is 53.0. The molecule has 24 aliphatic rings. The van der Waals surface area contributed by atoms with E-state index in [-0.39, 0.29) is 0 Å². The van der Waals surface area contributed by atoms with Gasteiger partial charge in [-0.15, -0.1) is 0 Å². The molecule has 0 aromatic heterocycles. The molecule has 4 aliphatic heterocycles. The monoisotopic (exact) mass is 1570 g/mol. The van der Waals surface area contributed by atoms with Gasteiger partial charge in [0.2, 0.25) is 0 Å². The Labute approximate surface area is 708 Å². The summed E-state index contributed by atoms with van der Waals surface area (Å²) in [6.45, 7) is 17.4. The molecule has 115 heavy (non-hydrogen) atoms. The van der Waals surface area contributed by atoms with Crippen molar-refractivity contribution in [2.24, 2.45) is 170 Å². The Bertz CT molecular complexity index is 3230. The Balaban J connectivity index is 0.701. The van der Waals surface area contributed by atoms with Gasteiger partial charge in [0.25, 0.3) is 0 Å². The van der Waals surface area contributed by atoms with E-state index < -0.39 is 0 Å². The van der Waals surface area contributed by atoms with Crippen LogP contribution in [0.3, 0.4) is 0 Å². The van der Waals surface area contributed by atoms with Crippen LogP contribution in [0.25, 0.3) is 0 Å². The second kappa shape index (κ2) is 31.1. The predicted molar refractivity (Wildman–Crippen MR) is 479 cm³/mol. The molecule has 4 heterocycles. The number of fused-ring (bicyclic) bond motifs is 7. The fourth-order valence-corrected chi connectivity index (χ4v) is 43.4. The van der Waals surface area contributed by atoms with Crippen LogP contribution in [-0.2, 0) is 0 Å². The number of likely N-dealkylation sites (tertiary alicyclic amines) is 2. The fraction of sp³-hybridized carbons (Fsp3) is 1.00. The van der Waals surface area contributed by atoms with Crippen molar-refractivity contribution in [1.82, 2.24) is 19.6 Å². The number of nitrogens with zero attached hydrogens (tertiary/aromatic N) is 4. The van der Waals surface area contributed by atoms with Gasteiger partial charge in [-0.05, 0) is 330 Å². The van der Waals surface area contributed by atoms with E-state index >= 15 is 0 Å². The topological polar surface area (TPSA) is 13.0 Å². The second-order valence-electron chi connectivity index (χ2n) is 53.0. The van der Waals surface area contributed by atoms with Gasteiger partial charge in [0.05, 0.1) is 0 Å². The molecule has 0 amide bonds. The lowest BCUT2D eigenvalue weighted by molar-refractivity contribution is -0.408. The van der Waals surface area contributed by atoms with E-state index in [1.54, 1.807) is 385 Å². The van der Waals surface area contributed by atoms with Crippen molar-refractivity contribution in [3.05, 3.63) is 0 Å². The van der Waals surface area contributed by atoms with Gasteiger partial charge in [0.1, 0.15) is 0 Å². The van der Waals surface area contributed by atoms with Gasteiger partial charge in [0.15, 0.2) is 6.71 Å². The number of hydrogen-bond donors (Lipinski definition) is 0. The highest BCUT2D eigenvalue weighted by Gasteiger charge is 2.85. The summed E-state index contributed by atoms with van der Waals surface area (Å²) in [6.07, 6.45) is 95.7. The molecule has 5 heteroatoms. The van der Waals surface area contributed by atoms with Crippen LogP contribution in [0.15, 0.2) is 0 Å². The summed E-state index contributed by atoms with van der Waals surface area (Å²) in [5, 5.41) is 0. The van der Waals surface area contributed by atoms with Crippen LogP contribution in [0.4, 0.5) is 0 Å². The molecule has 642 valence electrons. The van der Waals surface area contributed by atoms with E-state index in [9.17, 15) is 0 Å². The Morgan fingerprint density at radius 2 is 0.609 bits per heavy atom. The lowest BCUT2D eigenvalue weighted by Crippen LogP contribution is -2.94. The largest absolute Gasteiger partial charge is 0.295 e. The zero-order valence-corrected chi connectivity index (χ0v) is 76.0. The molecule has 31 unspecified atom stereocenters. The highest BCUT2D eigenvalue weighted by Crippen LogP contribution is 2.84. The molecular weight excluding hydrogens is 1390 g/mol. The Kier molecular flexibility index (Phi) is 21.2. The first kappa shape index (κ1) is 78.4. The Morgan fingerprint density at radius 1 is 0.226 bits per heavy atom. The van der Waals surface area contributed by atoms with Crippen molar-refractivity contribution < 1.29 is 0 Å². The van der Waals surface area contributed by atoms with Gasteiger partial charge in [-0.25, -0.2) is 0 Å². The van der Waals surface area contributed by atoms with Gasteiger partial charge in [-0.1, -0.05) is 279 Å².